The number of nitriles is 1. The second kappa shape index (κ2) is 4.59. The molecule has 0 N–H and O–H groups in total. The summed E-state index contributed by atoms with van der Waals surface area (Å²) in [6.45, 7) is 0. The lowest BCUT2D eigenvalue weighted by Gasteiger charge is -2.07. The Kier molecular flexibility index (Phi) is 2.87. The van der Waals surface area contributed by atoms with Crippen LogP contribution in [0.3, 0.4) is 0 Å². The van der Waals surface area contributed by atoms with E-state index in [-0.39, 0.29) is 16.8 Å². The van der Waals surface area contributed by atoms with Crippen LogP contribution in [0.5, 0.6) is 0 Å². The van der Waals surface area contributed by atoms with Crippen LogP contribution in [0.2, 0.25) is 0 Å². The van der Waals surface area contributed by atoms with Crippen LogP contribution >= 0.6 is 0 Å². The maximum Gasteiger partial charge on any atom is 0.416 e. The number of nitrogens with zero attached hydrogens (tertiary/aromatic N) is 4. The van der Waals surface area contributed by atoms with Gasteiger partial charge in [-0.3, -0.25) is 0 Å². The van der Waals surface area contributed by atoms with Gasteiger partial charge in [0.15, 0.2) is 5.65 Å². The molecule has 0 aliphatic heterocycles. The Morgan fingerprint density at radius 3 is 2.71 bits per heavy atom. The van der Waals surface area contributed by atoms with Gasteiger partial charge in [-0.05, 0) is 18.2 Å². The molecule has 0 unspecified atom stereocenters. The topological polar surface area (TPSA) is 54.0 Å². The first-order valence-corrected chi connectivity index (χ1v) is 5.92. The summed E-state index contributed by atoms with van der Waals surface area (Å²) in [5.74, 6) is 0. The van der Waals surface area contributed by atoms with Crippen molar-refractivity contribution in [3.05, 3.63) is 53.9 Å². The summed E-state index contributed by atoms with van der Waals surface area (Å²) in [4.78, 5) is 4.03. The van der Waals surface area contributed by atoms with Crippen LogP contribution < -0.4 is 0 Å². The van der Waals surface area contributed by atoms with Gasteiger partial charge in [0, 0.05) is 18.0 Å². The van der Waals surface area contributed by atoms with Gasteiger partial charge in [0.25, 0.3) is 0 Å². The van der Waals surface area contributed by atoms with Crippen molar-refractivity contribution in [3.8, 4) is 17.3 Å². The lowest BCUT2D eigenvalue weighted by Crippen LogP contribution is -2.04. The third kappa shape index (κ3) is 2.21. The maximum atomic E-state index is 12.8. The van der Waals surface area contributed by atoms with E-state index in [2.05, 4.69) is 10.1 Å². The first-order chi connectivity index (χ1) is 10.0. The van der Waals surface area contributed by atoms with Gasteiger partial charge in [-0.1, -0.05) is 12.1 Å². The minimum atomic E-state index is -4.44. The summed E-state index contributed by atoms with van der Waals surface area (Å²) in [6.07, 6.45) is -1.37. The standard InChI is InChI=1S/C14H7F3N4/c15-14(16,17)10-4-1-3-9(7-10)12-11(8-18)13-19-5-2-6-21(13)20-12/h1-7H. The number of benzene rings is 1. The van der Waals surface area contributed by atoms with Gasteiger partial charge in [0.1, 0.15) is 17.3 Å². The van der Waals surface area contributed by atoms with E-state index in [1.807, 2.05) is 6.07 Å². The van der Waals surface area contributed by atoms with Crippen molar-refractivity contribution in [2.75, 3.05) is 0 Å². The predicted octanol–water partition coefficient (Wildman–Crippen LogP) is 3.29. The third-order valence-corrected chi connectivity index (χ3v) is 2.97. The molecule has 2 aromatic heterocycles. The molecule has 3 aromatic rings. The molecule has 0 bridgehead atoms. The first-order valence-electron chi connectivity index (χ1n) is 5.92. The van der Waals surface area contributed by atoms with Crippen molar-refractivity contribution >= 4 is 5.65 Å². The Morgan fingerprint density at radius 2 is 2.00 bits per heavy atom. The fourth-order valence-corrected chi connectivity index (χ4v) is 2.03. The monoisotopic (exact) mass is 288 g/mol. The van der Waals surface area contributed by atoms with Gasteiger partial charge in [0.2, 0.25) is 0 Å². The number of alkyl halides is 3. The summed E-state index contributed by atoms with van der Waals surface area (Å²) in [6, 6.07) is 8.29. The summed E-state index contributed by atoms with van der Waals surface area (Å²) in [5, 5.41) is 13.4. The molecule has 21 heavy (non-hydrogen) atoms. The summed E-state index contributed by atoms with van der Waals surface area (Å²) < 4.78 is 39.7. The first kappa shape index (κ1) is 13.1. The number of fused-ring (bicyclic) bond motifs is 1. The van der Waals surface area contributed by atoms with Gasteiger partial charge in [-0.15, -0.1) is 0 Å². The molecule has 0 saturated carbocycles. The summed E-state index contributed by atoms with van der Waals surface area (Å²) in [7, 11) is 0. The van der Waals surface area contributed by atoms with Crippen LogP contribution in [0.15, 0.2) is 42.7 Å². The normalized spacial score (nSPS) is 11.5. The molecule has 0 atom stereocenters. The van der Waals surface area contributed by atoms with Crippen molar-refractivity contribution in [2.45, 2.75) is 6.18 Å². The maximum absolute atomic E-state index is 12.8. The smallest absolute Gasteiger partial charge is 0.236 e. The summed E-state index contributed by atoms with van der Waals surface area (Å²) in [5.41, 5.74) is 0.0883. The second-order valence-corrected chi connectivity index (χ2v) is 4.30. The van der Waals surface area contributed by atoms with Crippen molar-refractivity contribution in [1.29, 1.82) is 5.26 Å². The lowest BCUT2D eigenvalue weighted by molar-refractivity contribution is -0.137. The molecule has 104 valence electrons. The van der Waals surface area contributed by atoms with Crippen molar-refractivity contribution in [3.63, 3.8) is 0 Å². The van der Waals surface area contributed by atoms with Crippen LogP contribution in [0.4, 0.5) is 13.2 Å². The molecule has 3 rings (SSSR count). The Hall–Kier alpha value is -2.88. The number of halogens is 3. The van der Waals surface area contributed by atoms with Gasteiger partial charge in [0.05, 0.1) is 5.56 Å². The fraction of sp³-hybridized carbons (Fsp3) is 0.0714. The quantitative estimate of drug-likeness (QED) is 0.690. The van der Waals surface area contributed by atoms with Crippen LogP contribution in [0.1, 0.15) is 11.1 Å². The highest BCUT2D eigenvalue weighted by Gasteiger charge is 2.31. The average molecular weight is 288 g/mol. The highest BCUT2D eigenvalue weighted by molar-refractivity contribution is 5.75. The number of rotatable bonds is 1. The number of aromatic nitrogens is 3. The summed E-state index contributed by atoms with van der Waals surface area (Å²) >= 11 is 0. The van der Waals surface area contributed by atoms with Crippen LogP contribution in [0, 0.1) is 11.3 Å². The van der Waals surface area contributed by atoms with Crippen molar-refractivity contribution in [1.82, 2.24) is 14.6 Å². The van der Waals surface area contributed by atoms with Crippen LogP contribution in [-0.4, -0.2) is 14.6 Å². The Bertz CT molecular complexity index is 859. The van der Waals surface area contributed by atoms with E-state index >= 15 is 0 Å². The molecule has 2 heterocycles. The molecule has 0 fully saturated rings. The van der Waals surface area contributed by atoms with Gasteiger partial charge in [-0.2, -0.15) is 23.5 Å². The Balaban J connectivity index is 2.24. The van der Waals surface area contributed by atoms with Gasteiger partial charge >= 0.3 is 6.18 Å². The largest absolute Gasteiger partial charge is 0.416 e. The van der Waals surface area contributed by atoms with Crippen molar-refractivity contribution in [2.24, 2.45) is 0 Å². The highest BCUT2D eigenvalue weighted by Crippen LogP contribution is 2.33. The molecule has 0 aliphatic rings. The SMILES string of the molecule is N#Cc1c(-c2cccc(C(F)(F)F)c2)nn2cccnc12. The van der Waals surface area contributed by atoms with Crippen LogP contribution in [-0.2, 0) is 6.18 Å². The minimum absolute atomic E-state index is 0.148. The molecule has 7 heteroatoms. The van der Waals surface area contributed by atoms with E-state index < -0.39 is 11.7 Å². The zero-order chi connectivity index (χ0) is 15.0. The zero-order valence-corrected chi connectivity index (χ0v) is 10.5. The van der Waals surface area contributed by atoms with E-state index in [1.165, 1.54) is 22.8 Å². The Labute approximate surface area is 117 Å². The molecule has 4 nitrogen and oxygen atoms in total. The van der Waals surface area contributed by atoms with E-state index in [9.17, 15) is 18.4 Å². The molecular formula is C14H7F3N4. The predicted molar refractivity (Wildman–Crippen MR) is 68.1 cm³/mol. The fourth-order valence-electron chi connectivity index (χ4n) is 2.03. The number of hydrogen-bond donors (Lipinski definition) is 0. The van der Waals surface area contributed by atoms with E-state index in [0.717, 1.165) is 12.1 Å². The molecular weight excluding hydrogens is 281 g/mol. The lowest BCUT2D eigenvalue weighted by atomic mass is 10.1. The van der Waals surface area contributed by atoms with Crippen LogP contribution in [0.25, 0.3) is 16.9 Å². The van der Waals surface area contributed by atoms with E-state index in [1.54, 1.807) is 12.3 Å². The number of hydrogen-bond acceptors (Lipinski definition) is 3. The Morgan fingerprint density at radius 1 is 1.19 bits per heavy atom. The molecule has 0 radical (unpaired) electrons. The molecule has 0 aliphatic carbocycles. The molecule has 0 saturated heterocycles. The molecule has 1 aromatic carbocycles. The molecule has 0 spiro atoms. The zero-order valence-electron chi connectivity index (χ0n) is 10.5. The van der Waals surface area contributed by atoms with E-state index in [4.69, 9.17) is 0 Å². The van der Waals surface area contributed by atoms with E-state index in [0.29, 0.717) is 5.65 Å². The highest BCUT2D eigenvalue weighted by atomic mass is 19.4. The van der Waals surface area contributed by atoms with Gasteiger partial charge in [-0.25, -0.2) is 9.50 Å². The minimum Gasteiger partial charge on any atom is -0.236 e. The van der Waals surface area contributed by atoms with Gasteiger partial charge < -0.3 is 0 Å². The second-order valence-electron chi connectivity index (χ2n) is 4.30. The molecule has 0 amide bonds. The third-order valence-electron chi connectivity index (χ3n) is 2.97. The van der Waals surface area contributed by atoms with Crippen molar-refractivity contribution < 1.29 is 13.2 Å². The average Bonchev–Trinajstić information content (AvgIpc) is 2.85.